The number of guanidine groups is 2. The molecule has 0 radical (unpaired) electrons. The lowest BCUT2D eigenvalue weighted by molar-refractivity contribution is 0.628. The molecule has 0 saturated carbocycles. The largest absolute Gasteiger partial charge is 0.368 e. The van der Waals surface area contributed by atoms with Crippen LogP contribution in [0.5, 0.6) is 0 Å². The number of hydrogen-bond donors (Lipinski definition) is 4. The zero-order valence-electron chi connectivity index (χ0n) is 8.22. The molecule has 1 aromatic carbocycles. The molecule has 0 fully saturated rings. The number of benzene rings is 1. The maximum Gasteiger partial charge on any atom is 0.223 e. The van der Waals surface area contributed by atoms with E-state index in [-0.39, 0.29) is 24.3 Å². The van der Waals surface area contributed by atoms with Crippen molar-refractivity contribution in [2.45, 2.75) is 0 Å². The first kappa shape index (κ1) is 14.1. The van der Waals surface area contributed by atoms with Crippen molar-refractivity contribution in [2.24, 2.45) is 27.3 Å². The molecule has 88 valence electrons. The molecule has 0 aliphatic rings. The van der Waals surface area contributed by atoms with Crippen LogP contribution in [0, 0.1) is 5.82 Å². The second-order valence-corrected chi connectivity index (χ2v) is 2.59. The SMILES string of the molecule is Cl.NN/C(N)=N/C(N)=Nc1cccc(F)c1. The molecule has 0 aromatic heterocycles. The van der Waals surface area contributed by atoms with Crippen LogP contribution in [-0.2, 0) is 0 Å². The molecule has 0 bridgehead atoms. The average molecular weight is 247 g/mol. The number of halogens is 2. The van der Waals surface area contributed by atoms with Gasteiger partial charge in [0.1, 0.15) is 5.82 Å². The van der Waals surface area contributed by atoms with E-state index >= 15 is 0 Å². The topological polar surface area (TPSA) is 115 Å². The normalized spacial score (nSPS) is 11.9. The van der Waals surface area contributed by atoms with Crippen molar-refractivity contribution in [3.8, 4) is 0 Å². The van der Waals surface area contributed by atoms with E-state index in [2.05, 4.69) is 15.4 Å². The van der Waals surface area contributed by atoms with Gasteiger partial charge >= 0.3 is 0 Å². The highest BCUT2D eigenvalue weighted by Gasteiger charge is 1.95. The van der Waals surface area contributed by atoms with Gasteiger partial charge in [0.05, 0.1) is 5.69 Å². The van der Waals surface area contributed by atoms with Crippen LogP contribution in [0.1, 0.15) is 0 Å². The van der Waals surface area contributed by atoms with Crippen molar-refractivity contribution < 1.29 is 4.39 Å². The van der Waals surface area contributed by atoms with Gasteiger partial charge in [-0.2, -0.15) is 4.99 Å². The molecule has 1 aromatic rings. The van der Waals surface area contributed by atoms with Crippen LogP contribution in [-0.4, -0.2) is 11.9 Å². The van der Waals surface area contributed by atoms with Crippen LogP contribution >= 0.6 is 12.4 Å². The predicted molar refractivity (Wildman–Crippen MR) is 63.9 cm³/mol. The summed E-state index contributed by atoms with van der Waals surface area (Å²) < 4.78 is 12.7. The van der Waals surface area contributed by atoms with E-state index in [9.17, 15) is 4.39 Å². The highest BCUT2D eigenvalue weighted by molar-refractivity contribution is 5.94. The van der Waals surface area contributed by atoms with Crippen molar-refractivity contribution in [3.63, 3.8) is 0 Å². The summed E-state index contributed by atoms with van der Waals surface area (Å²) in [6, 6.07) is 5.61. The number of aliphatic imine (C=N–C) groups is 2. The number of nitrogens with two attached hydrogens (primary N) is 3. The zero-order valence-corrected chi connectivity index (χ0v) is 9.04. The summed E-state index contributed by atoms with van der Waals surface area (Å²) >= 11 is 0. The first-order valence-corrected chi connectivity index (χ1v) is 4.02. The molecule has 0 aliphatic carbocycles. The molecule has 6 nitrogen and oxygen atoms in total. The van der Waals surface area contributed by atoms with Crippen molar-refractivity contribution in [3.05, 3.63) is 30.1 Å². The Bertz CT molecular complexity index is 405. The summed E-state index contributed by atoms with van der Waals surface area (Å²) in [6.45, 7) is 0. The van der Waals surface area contributed by atoms with Crippen LogP contribution in [0.15, 0.2) is 34.3 Å². The number of rotatable bonds is 1. The Morgan fingerprint density at radius 1 is 1.31 bits per heavy atom. The standard InChI is InChI=1S/C8H11FN6.ClH/c9-5-2-1-3-6(4-5)13-7(10)14-8(11)15-12;/h1-4H,12H2,(H5,10,11,13,14,15);1H. The smallest absolute Gasteiger partial charge is 0.223 e. The molecule has 0 saturated heterocycles. The number of nitrogens with zero attached hydrogens (tertiary/aromatic N) is 2. The molecule has 0 atom stereocenters. The second-order valence-electron chi connectivity index (χ2n) is 2.59. The molecule has 0 amide bonds. The maximum atomic E-state index is 12.7. The van der Waals surface area contributed by atoms with Gasteiger partial charge in [0.25, 0.3) is 0 Å². The molecular formula is C8H12ClFN6. The summed E-state index contributed by atoms with van der Waals surface area (Å²) in [7, 11) is 0. The van der Waals surface area contributed by atoms with Gasteiger partial charge in [0.15, 0.2) is 0 Å². The number of hydrazine groups is 1. The zero-order chi connectivity index (χ0) is 11.3. The summed E-state index contributed by atoms with van der Waals surface area (Å²) in [5.41, 5.74) is 13.1. The second kappa shape index (κ2) is 6.59. The molecule has 8 heteroatoms. The third kappa shape index (κ3) is 4.58. The molecule has 1 rings (SSSR count). The van der Waals surface area contributed by atoms with Crippen molar-refractivity contribution in [1.82, 2.24) is 5.43 Å². The van der Waals surface area contributed by atoms with Crippen LogP contribution in [0.2, 0.25) is 0 Å². The summed E-state index contributed by atoms with van der Waals surface area (Å²) in [6.07, 6.45) is 0. The molecule has 0 aliphatic heterocycles. The van der Waals surface area contributed by atoms with Gasteiger partial charge in [-0.05, 0) is 18.2 Å². The van der Waals surface area contributed by atoms with Crippen LogP contribution in [0.4, 0.5) is 10.1 Å². The Hall–Kier alpha value is -1.86. The summed E-state index contributed by atoms with van der Waals surface area (Å²) in [5, 5.41) is 0. The fraction of sp³-hybridized carbons (Fsp3) is 0. The highest BCUT2D eigenvalue weighted by Crippen LogP contribution is 2.12. The van der Waals surface area contributed by atoms with Gasteiger partial charge in [0.2, 0.25) is 11.9 Å². The lowest BCUT2D eigenvalue weighted by Gasteiger charge is -1.98. The van der Waals surface area contributed by atoms with E-state index in [0.717, 1.165) is 0 Å². The van der Waals surface area contributed by atoms with Crippen molar-refractivity contribution in [2.75, 3.05) is 0 Å². The molecule has 16 heavy (non-hydrogen) atoms. The number of hydrogen-bond acceptors (Lipinski definition) is 2. The third-order valence-electron chi connectivity index (χ3n) is 1.43. The minimum absolute atomic E-state index is 0. The Morgan fingerprint density at radius 2 is 2.00 bits per heavy atom. The molecule has 7 N–H and O–H groups in total. The van der Waals surface area contributed by atoms with Gasteiger partial charge in [0, 0.05) is 0 Å². The van der Waals surface area contributed by atoms with E-state index in [4.69, 9.17) is 17.3 Å². The predicted octanol–water partition coefficient (Wildman–Crippen LogP) is -0.0283. The fourth-order valence-corrected chi connectivity index (χ4v) is 0.859. The Kier molecular flexibility index (Phi) is 5.83. The van der Waals surface area contributed by atoms with Crippen molar-refractivity contribution in [1.29, 1.82) is 0 Å². The van der Waals surface area contributed by atoms with Gasteiger partial charge < -0.3 is 11.5 Å². The Labute approximate surface area is 97.8 Å². The minimum Gasteiger partial charge on any atom is -0.368 e. The fourth-order valence-electron chi connectivity index (χ4n) is 0.859. The number of nitrogens with one attached hydrogen (secondary N) is 1. The van der Waals surface area contributed by atoms with E-state index < -0.39 is 5.82 Å². The maximum absolute atomic E-state index is 12.7. The van der Waals surface area contributed by atoms with Crippen molar-refractivity contribution >= 4 is 30.0 Å². The summed E-state index contributed by atoms with van der Waals surface area (Å²) in [5.74, 6) is 4.37. The molecular weight excluding hydrogens is 235 g/mol. The van der Waals surface area contributed by atoms with Gasteiger partial charge in [-0.3, -0.25) is 5.43 Å². The molecule has 0 unspecified atom stereocenters. The lowest BCUT2D eigenvalue weighted by atomic mass is 10.3. The van der Waals surface area contributed by atoms with Gasteiger partial charge in [-0.1, -0.05) is 6.07 Å². The van der Waals surface area contributed by atoms with E-state index in [1.807, 2.05) is 0 Å². The monoisotopic (exact) mass is 246 g/mol. The highest BCUT2D eigenvalue weighted by atomic mass is 35.5. The lowest BCUT2D eigenvalue weighted by Crippen LogP contribution is -2.38. The minimum atomic E-state index is -0.405. The third-order valence-corrected chi connectivity index (χ3v) is 1.43. The first-order valence-electron chi connectivity index (χ1n) is 4.02. The average Bonchev–Trinajstić information content (AvgIpc) is 2.17. The van der Waals surface area contributed by atoms with Crippen LogP contribution < -0.4 is 22.7 Å². The Balaban J connectivity index is 0.00000225. The molecule has 0 spiro atoms. The first-order chi connectivity index (χ1) is 7.11. The molecule has 0 heterocycles. The van der Waals surface area contributed by atoms with Crippen LogP contribution in [0.3, 0.4) is 0 Å². The quantitative estimate of drug-likeness (QED) is 0.241. The summed E-state index contributed by atoms with van der Waals surface area (Å²) in [4.78, 5) is 7.38. The van der Waals surface area contributed by atoms with Gasteiger partial charge in [-0.25, -0.2) is 15.2 Å². The Morgan fingerprint density at radius 3 is 2.56 bits per heavy atom. The van der Waals surface area contributed by atoms with Crippen LogP contribution in [0.25, 0.3) is 0 Å². The van der Waals surface area contributed by atoms with Gasteiger partial charge in [-0.15, -0.1) is 12.4 Å². The van der Waals surface area contributed by atoms with E-state index in [1.165, 1.54) is 18.2 Å². The van der Waals surface area contributed by atoms with E-state index in [1.54, 1.807) is 6.07 Å². The van der Waals surface area contributed by atoms with E-state index in [0.29, 0.717) is 5.69 Å².